The van der Waals surface area contributed by atoms with Gasteiger partial charge in [0.1, 0.15) is 0 Å². The highest BCUT2D eigenvalue weighted by Gasteiger charge is 2.35. The molecule has 0 aromatic carbocycles. The number of pyridine rings is 1. The lowest BCUT2D eigenvalue weighted by Crippen LogP contribution is -2.36. The van der Waals surface area contributed by atoms with Crippen molar-refractivity contribution >= 4 is 0 Å². The standard InChI is InChI=1S/C15H15F3N4O/c1-9-3-2-4-10(19-9)7-22-6-5-11-12(8-22)20-14(15(16,17)18)21-13(11)23/h2-4H,5-8H2,1H3,(H,20,21,23). The topological polar surface area (TPSA) is 61.9 Å². The monoisotopic (exact) mass is 324 g/mol. The van der Waals surface area contributed by atoms with E-state index >= 15 is 0 Å². The maximum absolute atomic E-state index is 12.8. The van der Waals surface area contributed by atoms with Crippen molar-refractivity contribution in [2.24, 2.45) is 0 Å². The number of hydrogen-bond donors (Lipinski definition) is 1. The Morgan fingerprint density at radius 3 is 2.78 bits per heavy atom. The first kappa shape index (κ1) is 15.7. The lowest BCUT2D eigenvalue weighted by molar-refractivity contribution is -0.145. The van der Waals surface area contributed by atoms with Crippen molar-refractivity contribution in [3.05, 3.63) is 57.0 Å². The molecule has 0 saturated carbocycles. The summed E-state index contributed by atoms with van der Waals surface area (Å²) in [6.07, 6.45) is -4.28. The second-order valence-electron chi connectivity index (χ2n) is 5.57. The molecule has 5 nitrogen and oxygen atoms in total. The van der Waals surface area contributed by atoms with E-state index in [0.29, 0.717) is 25.1 Å². The lowest BCUT2D eigenvalue weighted by atomic mass is 10.1. The minimum Gasteiger partial charge on any atom is -0.303 e. The van der Waals surface area contributed by atoms with E-state index in [1.807, 2.05) is 35.0 Å². The summed E-state index contributed by atoms with van der Waals surface area (Å²) in [5, 5.41) is 0. The molecule has 1 aliphatic rings. The quantitative estimate of drug-likeness (QED) is 0.918. The predicted molar refractivity (Wildman–Crippen MR) is 76.7 cm³/mol. The van der Waals surface area contributed by atoms with Gasteiger partial charge in [0.15, 0.2) is 0 Å². The molecule has 1 N–H and O–H groups in total. The van der Waals surface area contributed by atoms with Gasteiger partial charge in [0, 0.05) is 30.9 Å². The number of halogens is 3. The molecule has 2 aromatic heterocycles. The average molecular weight is 324 g/mol. The Bertz CT molecular complexity index is 785. The Kier molecular flexibility index (Phi) is 3.93. The fourth-order valence-electron chi connectivity index (χ4n) is 2.68. The van der Waals surface area contributed by atoms with E-state index in [2.05, 4.69) is 9.97 Å². The third-order valence-electron chi connectivity index (χ3n) is 3.75. The second kappa shape index (κ2) is 5.77. The zero-order chi connectivity index (χ0) is 16.6. The number of rotatable bonds is 2. The van der Waals surface area contributed by atoms with Gasteiger partial charge in [-0.2, -0.15) is 13.2 Å². The first-order valence-electron chi connectivity index (χ1n) is 7.17. The van der Waals surface area contributed by atoms with E-state index in [1.54, 1.807) is 0 Å². The molecule has 122 valence electrons. The van der Waals surface area contributed by atoms with E-state index in [-0.39, 0.29) is 12.2 Å². The summed E-state index contributed by atoms with van der Waals surface area (Å²) in [5.41, 5.74) is 1.56. The number of hydrogen-bond acceptors (Lipinski definition) is 4. The maximum atomic E-state index is 12.8. The Hall–Kier alpha value is -2.22. The van der Waals surface area contributed by atoms with Crippen LogP contribution in [0.15, 0.2) is 23.0 Å². The van der Waals surface area contributed by atoms with Crippen LogP contribution in [-0.2, 0) is 25.7 Å². The molecule has 1 aliphatic heterocycles. The fraction of sp³-hybridized carbons (Fsp3) is 0.400. The van der Waals surface area contributed by atoms with E-state index in [9.17, 15) is 18.0 Å². The molecular formula is C15H15F3N4O. The number of aromatic nitrogens is 3. The smallest absolute Gasteiger partial charge is 0.303 e. The van der Waals surface area contributed by atoms with Crippen molar-refractivity contribution in [2.75, 3.05) is 6.54 Å². The van der Waals surface area contributed by atoms with Gasteiger partial charge in [0.05, 0.1) is 11.4 Å². The molecule has 0 spiro atoms. The van der Waals surface area contributed by atoms with Gasteiger partial charge in [-0.3, -0.25) is 14.7 Å². The summed E-state index contributed by atoms with van der Waals surface area (Å²) in [5.74, 6) is -1.24. The van der Waals surface area contributed by atoms with Crippen LogP contribution < -0.4 is 5.56 Å². The molecule has 3 heterocycles. The summed E-state index contributed by atoms with van der Waals surface area (Å²) in [6.45, 7) is 3.18. The van der Waals surface area contributed by atoms with Crippen molar-refractivity contribution in [3.8, 4) is 0 Å². The Morgan fingerprint density at radius 2 is 2.09 bits per heavy atom. The van der Waals surface area contributed by atoms with Gasteiger partial charge in [-0.05, 0) is 25.5 Å². The maximum Gasteiger partial charge on any atom is 0.449 e. The predicted octanol–water partition coefficient (Wildman–Crippen LogP) is 2.05. The molecule has 2 aromatic rings. The highest BCUT2D eigenvalue weighted by atomic mass is 19.4. The summed E-state index contributed by atoms with van der Waals surface area (Å²) >= 11 is 0. The van der Waals surface area contributed by atoms with Crippen LogP contribution in [-0.4, -0.2) is 26.4 Å². The summed E-state index contributed by atoms with van der Waals surface area (Å²) in [7, 11) is 0. The molecule has 0 saturated heterocycles. The molecule has 0 unspecified atom stereocenters. The van der Waals surface area contributed by atoms with E-state index < -0.39 is 17.6 Å². The molecular weight excluding hydrogens is 309 g/mol. The van der Waals surface area contributed by atoms with Crippen molar-refractivity contribution < 1.29 is 13.2 Å². The highest BCUT2D eigenvalue weighted by Crippen LogP contribution is 2.26. The number of H-pyrrole nitrogens is 1. The van der Waals surface area contributed by atoms with E-state index in [1.165, 1.54) is 0 Å². The van der Waals surface area contributed by atoms with Gasteiger partial charge < -0.3 is 4.98 Å². The van der Waals surface area contributed by atoms with Crippen LogP contribution in [0.4, 0.5) is 13.2 Å². The third-order valence-corrected chi connectivity index (χ3v) is 3.75. The van der Waals surface area contributed by atoms with Crippen molar-refractivity contribution in [1.29, 1.82) is 0 Å². The SMILES string of the molecule is Cc1cccc(CN2CCc3c(nc(C(F)(F)F)[nH]c3=O)C2)n1. The molecule has 23 heavy (non-hydrogen) atoms. The number of nitrogens with zero attached hydrogens (tertiary/aromatic N) is 3. The van der Waals surface area contributed by atoms with Crippen molar-refractivity contribution in [3.63, 3.8) is 0 Å². The number of aromatic amines is 1. The van der Waals surface area contributed by atoms with Gasteiger partial charge >= 0.3 is 6.18 Å². The number of alkyl halides is 3. The first-order chi connectivity index (χ1) is 10.8. The number of aryl methyl sites for hydroxylation is 1. The van der Waals surface area contributed by atoms with Crippen molar-refractivity contribution in [1.82, 2.24) is 19.9 Å². The normalized spacial score (nSPS) is 15.5. The van der Waals surface area contributed by atoms with Crippen LogP contribution in [0.25, 0.3) is 0 Å². The Balaban J connectivity index is 1.85. The third kappa shape index (κ3) is 3.42. The summed E-state index contributed by atoms with van der Waals surface area (Å²) in [6, 6.07) is 5.64. The van der Waals surface area contributed by atoms with Gasteiger partial charge in [0.25, 0.3) is 5.56 Å². The molecule has 0 atom stereocenters. The fourth-order valence-corrected chi connectivity index (χ4v) is 2.68. The van der Waals surface area contributed by atoms with E-state index in [4.69, 9.17) is 0 Å². The van der Waals surface area contributed by atoms with E-state index in [0.717, 1.165) is 11.4 Å². The molecule has 0 amide bonds. The van der Waals surface area contributed by atoms with Crippen molar-refractivity contribution in [2.45, 2.75) is 32.6 Å². The second-order valence-corrected chi connectivity index (χ2v) is 5.57. The zero-order valence-corrected chi connectivity index (χ0v) is 12.4. The zero-order valence-electron chi connectivity index (χ0n) is 12.4. The molecule has 8 heteroatoms. The lowest BCUT2D eigenvalue weighted by Gasteiger charge is -2.27. The minimum atomic E-state index is -4.66. The van der Waals surface area contributed by atoms with Crippen LogP contribution in [0.1, 0.15) is 28.5 Å². The minimum absolute atomic E-state index is 0.194. The molecule has 0 fully saturated rings. The highest BCUT2D eigenvalue weighted by molar-refractivity contribution is 5.22. The van der Waals surface area contributed by atoms with Crippen LogP contribution in [0, 0.1) is 6.92 Å². The van der Waals surface area contributed by atoms with Crippen LogP contribution in [0.5, 0.6) is 0 Å². The number of fused-ring (bicyclic) bond motifs is 1. The molecule has 0 bridgehead atoms. The van der Waals surface area contributed by atoms with Crippen LogP contribution in [0.2, 0.25) is 0 Å². The average Bonchev–Trinajstić information content (AvgIpc) is 2.46. The molecule has 0 radical (unpaired) electrons. The number of nitrogens with one attached hydrogen (secondary N) is 1. The molecule has 0 aliphatic carbocycles. The van der Waals surface area contributed by atoms with Gasteiger partial charge in [-0.25, -0.2) is 4.98 Å². The Labute approximate surface area is 130 Å². The first-order valence-corrected chi connectivity index (χ1v) is 7.17. The van der Waals surface area contributed by atoms with Gasteiger partial charge in [0.2, 0.25) is 5.82 Å². The van der Waals surface area contributed by atoms with Crippen LogP contribution in [0.3, 0.4) is 0 Å². The van der Waals surface area contributed by atoms with Crippen LogP contribution >= 0.6 is 0 Å². The van der Waals surface area contributed by atoms with Gasteiger partial charge in [-0.15, -0.1) is 0 Å². The molecule has 3 rings (SSSR count). The largest absolute Gasteiger partial charge is 0.449 e. The van der Waals surface area contributed by atoms with Gasteiger partial charge in [-0.1, -0.05) is 6.07 Å². The Morgan fingerprint density at radius 1 is 1.30 bits per heavy atom. The summed E-state index contributed by atoms with van der Waals surface area (Å²) < 4.78 is 38.3. The summed E-state index contributed by atoms with van der Waals surface area (Å²) in [4.78, 5) is 23.6.